The summed E-state index contributed by atoms with van der Waals surface area (Å²) in [5, 5.41) is 3.56. The minimum atomic E-state index is 0.833. The lowest BCUT2D eigenvalue weighted by Crippen LogP contribution is -2.14. The third-order valence-electron chi connectivity index (χ3n) is 4.62. The van der Waals surface area contributed by atoms with Gasteiger partial charge in [0.05, 0.1) is 12.8 Å². The van der Waals surface area contributed by atoms with E-state index in [1.165, 1.54) is 11.1 Å². The van der Waals surface area contributed by atoms with Gasteiger partial charge in [0.25, 0.3) is 0 Å². The van der Waals surface area contributed by atoms with Crippen LogP contribution in [0.2, 0.25) is 0 Å². The normalized spacial score (nSPS) is 11.3. The fraction of sp³-hybridized carbons (Fsp3) is 0.208. The maximum Gasteiger partial charge on any atom is 0.138 e. The molecule has 27 heavy (non-hydrogen) atoms. The van der Waals surface area contributed by atoms with Crippen LogP contribution < -0.4 is 10.1 Å². The number of para-hydroxylation sites is 2. The summed E-state index contributed by atoms with van der Waals surface area (Å²) in [6, 6.07) is 24.6. The zero-order chi connectivity index (χ0) is 19.1. The van der Waals surface area contributed by atoms with Crippen molar-refractivity contribution in [1.82, 2.24) is 0 Å². The molecule has 0 aliphatic heterocycles. The monoisotopic (exact) mass is 358 g/mol. The molecule has 0 amide bonds. The Labute approximate surface area is 161 Å². The molecule has 0 fully saturated rings. The third-order valence-corrected chi connectivity index (χ3v) is 4.62. The third kappa shape index (κ3) is 4.56. The van der Waals surface area contributed by atoms with Gasteiger partial charge < -0.3 is 10.1 Å². The van der Waals surface area contributed by atoms with Crippen molar-refractivity contribution in [2.75, 3.05) is 12.4 Å². The van der Waals surface area contributed by atoms with Crippen molar-refractivity contribution < 1.29 is 4.74 Å². The van der Waals surface area contributed by atoms with Crippen molar-refractivity contribution in [2.45, 2.75) is 26.7 Å². The van der Waals surface area contributed by atoms with Crippen molar-refractivity contribution in [2.24, 2.45) is 4.99 Å². The first-order valence-electron chi connectivity index (χ1n) is 9.41. The van der Waals surface area contributed by atoms with Crippen LogP contribution in [0.1, 0.15) is 30.5 Å². The van der Waals surface area contributed by atoms with Crippen molar-refractivity contribution in [3.8, 4) is 5.75 Å². The van der Waals surface area contributed by atoms with Crippen LogP contribution in [0, 0.1) is 0 Å². The zero-order valence-corrected chi connectivity index (χ0v) is 16.2. The van der Waals surface area contributed by atoms with Crippen LogP contribution in [0.5, 0.6) is 5.75 Å². The lowest BCUT2D eigenvalue weighted by Gasteiger charge is -2.15. The average molecular weight is 358 g/mol. The molecule has 0 spiro atoms. The molecular formula is C24H26N2O. The molecule has 0 radical (unpaired) electrons. The Bertz CT molecular complexity index is 914. The Morgan fingerprint density at radius 1 is 0.815 bits per heavy atom. The topological polar surface area (TPSA) is 33.6 Å². The van der Waals surface area contributed by atoms with Crippen LogP contribution in [0.4, 0.5) is 11.4 Å². The Morgan fingerprint density at radius 2 is 1.44 bits per heavy atom. The minimum absolute atomic E-state index is 0.833. The van der Waals surface area contributed by atoms with Crippen LogP contribution in [0.25, 0.3) is 0 Å². The van der Waals surface area contributed by atoms with E-state index in [0.29, 0.717) is 0 Å². The smallest absolute Gasteiger partial charge is 0.138 e. The average Bonchev–Trinajstić information content (AvgIpc) is 2.74. The number of hydrogen-bond acceptors (Lipinski definition) is 2. The van der Waals surface area contributed by atoms with Gasteiger partial charge in [0.2, 0.25) is 0 Å². The van der Waals surface area contributed by atoms with Gasteiger partial charge in [-0.25, -0.2) is 4.99 Å². The molecule has 0 unspecified atom stereocenters. The molecule has 0 bridgehead atoms. The standard InChI is InChI=1S/C24H26N2O/c1-4-18-10-6-8-12-22(18)25-24(20-14-16-21(27-3)17-15-20)26-23-13-9-7-11-19(23)5-2/h6-17H,4-5H2,1-3H3,(H,25,26). The van der Waals surface area contributed by atoms with E-state index in [1.54, 1.807) is 7.11 Å². The predicted molar refractivity (Wildman–Crippen MR) is 114 cm³/mol. The molecule has 0 heterocycles. The van der Waals surface area contributed by atoms with Gasteiger partial charge in [0.1, 0.15) is 11.6 Å². The van der Waals surface area contributed by atoms with Gasteiger partial charge in [-0.15, -0.1) is 0 Å². The van der Waals surface area contributed by atoms with Gasteiger partial charge in [0, 0.05) is 11.3 Å². The Morgan fingerprint density at radius 3 is 2.11 bits per heavy atom. The molecule has 3 rings (SSSR count). The van der Waals surface area contributed by atoms with E-state index in [4.69, 9.17) is 9.73 Å². The number of benzene rings is 3. The summed E-state index contributed by atoms with van der Waals surface area (Å²) in [6.07, 6.45) is 1.91. The SMILES string of the molecule is CCc1ccccc1N=C(Nc1ccccc1CC)c1ccc(OC)cc1. The molecular weight excluding hydrogens is 332 g/mol. The van der Waals surface area contributed by atoms with E-state index in [9.17, 15) is 0 Å². The number of nitrogens with one attached hydrogen (secondary N) is 1. The van der Waals surface area contributed by atoms with Crippen molar-refractivity contribution in [3.05, 3.63) is 89.5 Å². The van der Waals surface area contributed by atoms with Gasteiger partial charge in [-0.3, -0.25) is 0 Å². The molecule has 3 aromatic rings. The van der Waals surface area contributed by atoms with Crippen LogP contribution in [-0.4, -0.2) is 12.9 Å². The maximum atomic E-state index is 5.30. The molecule has 3 nitrogen and oxygen atoms in total. The van der Waals surface area contributed by atoms with Gasteiger partial charge in [-0.1, -0.05) is 50.2 Å². The summed E-state index contributed by atoms with van der Waals surface area (Å²) in [5.74, 6) is 1.67. The number of aliphatic imine (C=N–C) groups is 1. The van der Waals surface area contributed by atoms with Gasteiger partial charge >= 0.3 is 0 Å². The number of nitrogens with zero attached hydrogens (tertiary/aromatic N) is 1. The van der Waals surface area contributed by atoms with Crippen LogP contribution in [0.3, 0.4) is 0 Å². The van der Waals surface area contributed by atoms with Gasteiger partial charge in [-0.05, 0) is 60.4 Å². The fourth-order valence-corrected chi connectivity index (χ4v) is 3.03. The second-order valence-corrected chi connectivity index (χ2v) is 6.31. The summed E-state index contributed by atoms with van der Waals surface area (Å²) in [7, 11) is 1.68. The number of rotatable bonds is 6. The van der Waals surface area contributed by atoms with Crippen LogP contribution in [-0.2, 0) is 12.8 Å². The van der Waals surface area contributed by atoms with E-state index < -0.39 is 0 Å². The molecule has 3 aromatic carbocycles. The molecule has 3 heteroatoms. The highest BCUT2D eigenvalue weighted by Gasteiger charge is 2.09. The first-order chi connectivity index (χ1) is 13.2. The largest absolute Gasteiger partial charge is 0.497 e. The minimum Gasteiger partial charge on any atom is -0.497 e. The molecule has 0 saturated carbocycles. The molecule has 0 aromatic heterocycles. The van der Waals surface area contributed by atoms with E-state index in [1.807, 2.05) is 36.4 Å². The molecule has 138 valence electrons. The Hall–Kier alpha value is -3.07. The van der Waals surface area contributed by atoms with Crippen molar-refractivity contribution in [3.63, 3.8) is 0 Å². The first kappa shape index (κ1) is 18.7. The lowest BCUT2D eigenvalue weighted by molar-refractivity contribution is 0.415. The van der Waals surface area contributed by atoms with E-state index >= 15 is 0 Å². The number of anilines is 1. The molecule has 0 aliphatic rings. The van der Waals surface area contributed by atoms with Gasteiger partial charge in [-0.2, -0.15) is 0 Å². The summed E-state index contributed by atoms with van der Waals surface area (Å²) in [4.78, 5) is 4.99. The number of methoxy groups -OCH3 is 1. The fourth-order valence-electron chi connectivity index (χ4n) is 3.03. The highest BCUT2D eigenvalue weighted by Crippen LogP contribution is 2.23. The Kier molecular flexibility index (Phi) is 6.26. The quantitative estimate of drug-likeness (QED) is 0.432. The zero-order valence-electron chi connectivity index (χ0n) is 16.2. The van der Waals surface area contributed by atoms with E-state index in [0.717, 1.165) is 41.4 Å². The molecule has 1 N–H and O–H groups in total. The first-order valence-corrected chi connectivity index (χ1v) is 9.41. The number of amidine groups is 1. The summed E-state index contributed by atoms with van der Waals surface area (Å²) < 4.78 is 5.30. The highest BCUT2D eigenvalue weighted by molar-refractivity contribution is 6.09. The molecule has 0 aliphatic carbocycles. The Balaban J connectivity index is 2.06. The summed E-state index contributed by atoms with van der Waals surface area (Å²) in [6.45, 7) is 4.32. The van der Waals surface area contributed by atoms with Crippen molar-refractivity contribution >= 4 is 17.2 Å². The predicted octanol–water partition coefficient (Wildman–Crippen LogP) is 6.01. The highest BCUT2D eigenvalue weighted by atomic mass is 16.5. The number of aryl methyl sites for hydroxylation is 2. The van der Waals surface area contributed by atoms with Crippen molar-refractivity contribution in [1.29, 1.82) is 0 Å². The number of hydrogen-bond donors (Lipinski definition) is 1. The summed E-state index contributed by atoms with van der Waals surface area (Å²) in [5.41, 5.74) is 5.60. The van der Waals surface area contributed by atoms with Crippen LogP contribution in [0.15, 0.2) is 77.8 Å². The lowest BCUT2D eigenvalue weighted by atomic mass is 10.1. The number of ether oxygens (including phenoxy) is 1. The van der Waals surface area contributed by atoms with Crippen LogP contribution >= 0.6 is 0 Å². The second kappa shape index (κ2) is 9.04. The van der Waals surface area contributed by atoms with E-state index in [2.05, 4.69) is 55.6 Å². The maximum absolute atomic E-state index is 5.30. The second-order valence-electron chi connectivity index (χ2n) is 6.31. The molecule has 0 saturated heterocycles. The van der Waals surface area contributed by atoms with E-state index in [-0.39, 0.29) is 0 Å². The van der Waals surface area contributed by atoms with Gasteiger partial charge in [0.15, 0.2) is 0 Å². The summed E-state index contributed by atoms with van der Waals surface area (Å²) >= 11 is 0. The molecule has 0 atom stereocenters.